The van der Waals surface area contributed by atoms with Gasteiger partial charge in [0.05, 0.1) is 6.61 Å². The topological polar surface area (TPSA) is 66.0 Å². The summed E-state index contributed by atoms with van der Waals surface area (Å²) in [6.07, 6.45) is 1.67. The maximum absolute atomic E-state index is 11.7. The zero-order valence-corrected chi connectivity index (χ0v) is 14.8. The first-order chi connectivity index (χ1) is 11.6. The van der Waals surface area contributed by atoms with Crippen LogP contribution in [0.4, 0.5) is 0 Å². The number of guanidine groups is 1. The van der Waals surface area contributed by atoms with Crippen molar-refractivity contribution < 1.29 is 9.53 Å². The summed E-state index contributed by atoms with van der Waals surface area (Å²) in [5.74, 6) is 1.02. The van der Waals surface area contributed by atoms with E-state index in [0.717, 1.165) is 18.9 Å². The van der Waals surface area contributed by atoms with Gasteiger partial charge in [0.15, 0.2) is 5.96 Å². The van der Waals surface area contributed by atoms with Gasteiger partial charge in [-0.3, -0.25) is 9.79 Å². The van der Waals surface area contributed by atoms with Crippen molar-refractivity contribution in [2.45, 2.75) is 38.9 Å². The van der Waals surface area contributed by atoms with Gasteiger partial charge in [0.2, 0.25) is 5.91 Å². The van der Waals surface area contributed by atoms with Gasteiger partial charge >= 0.3 is 0 Å². The lowest BCUT2D eigenvalue weighted by Crippen LogP contribution is -2.43. The molecule has 0 radical (unpaired) electrons. The Hall–Kier alpha value is -2.08. The van der Waals surface area contributed by atoms with Gasteiger partial charge in [0, 0.05) is 46.3 Å². The number of nitrogens with zero attached hydrogens (tertiary/aromatic N) is 2. The molecule has 2 rings (SSSR count). The summed E-state index contributed by atoms with van der Waals surface area (Å²) < 4.78 is 5.11. The number of likely N-dealkylation sites (tertiary alicyclic amines) is 1. The van der Waals surface area contributed by atoms with Crippen molar-refractivity contribution in [2.24, 2.45) is 4.99 Å². The fourth-order valence-corrected chi connectivity index (χ4v) is 2.76. The van der Waals surface area contributed by atoms with Crippen molar-refractivity contribution in [3.63, 3.8) is 0 Å². The summed E-state index contributed by atoms with van der Waals surface area (Å²) in [5.41, 5.74) is 2.35. The number of methoxy groups -OCH3 is 1. The molecule has 132 valence electrons. The number of benzene rings is 1. The van der Waals surface area contributed by atoms with Crippen molar-refractivity contribution in [2.75, 3.05) is 27.3 Å². The molecule has 1 aromatic rings. The summed E-state index contributed by atoms with van der Waals surface area (Å²) in [4.78, 5) is 17.8. The summed E-state index contributed by atoms with van der Waals surface area (Å²) in [6, 6.07) is 8.56. The maximum atomic E-state index is 11.7. The Labute approximate surface area is 144 Å². The molecule has 0 saturated carbocycles. The lowest BCUT2D eigenvalue weighted by molar-refractivity contribution is -0.128. The van der Waals surface area contributed by atoms with Gasteiger partial charge in [-0.1, -0.05) is 24.3 Å². The third-order valence-corrected chi connectivity index (χ3v) is 4.05. The van der Waals surface area contributed by atoms with Gasteiger partial charge in [-0.15, -0.1) is 0 Å². The molecule has 1 aromatic carbocycles. The molecular weight excluding hydrogens is 304 g/mol. The van der Waals surface area contributed by atoms with Gasteiger partial charge in [0.1, 0.15) is 0 Å². The van der Waals surface area contributed by atoms with E-state index >= 15 is 0 Å². The van der Waals surface area contributed by atoms with Gasteiger partial charge in [-0.25, -0.2) is 0 Å². The van der Waals surface area contributed by atoms with Crippen LogP contribution >= 0.6 is 0 Å². The van der Waals surface area contributed by atoms with Gasteiger partial charge < -0.3 is 20.3 Å². The van der Waals surface area contributed by atoms with Gasteiger partial charge in [-0.05, 0) is 24.5 Å². The van der Waals surface area contributed by atoms with Crippen molar-refractivity contribution in [3.05, 3.63) is 35.4 Å². The fourth-order valence-electron chi connectivity index (χ4n) is 2.76. The molecule has 1 aliphatic rings. The van der Waals surface area contributed by atoms with E-state index in [1.165, 1.54) is 11.1 Å². The molecule has 24 heavy (non-hydrogen) atoms. The largest absolute Gasteiger partial charge is 0.383 e. The van der Waals surface area contributed by atoms with E-state index in [9.17, 15) is 4.79 Å². The molecule has 6 heteroatoms. The van der Waals surface area contributed by atoms with Crippen molar-refractivity contribution in [1.82, 2.24) is 15.5 Å². The van der Waals surface area contributed by atoms with Crippen LogP contribution in [0.2, 0.25) is 0 Å². The normalized spacial score (nSPS) is 16.4. The summed E-state index contributed by atoms with van der Waals surface area (Å²) in [7, 11) is 3.44. The monoisotopic (exact) mass is 332 g/mol. The predicted molar refractivity (Wildman–Crippen MR) is 95.8 cm³/mol. The Morgan fingerprint density at radius 2 is 2.04 bits per heavy atom. The number of amides is 1. The number of carbonyl (C=O) groups is 1. The van der Waals surface area contributed by atoms with Crippen molar-refractivity contribution in [3.8, 4) is 0 Å². The highest BCUT2D eigenvalue weighted by atomic mass is 16.5. The molecule has 1 aliphatic heterocycles. The Balaban J connectivity index is 1.81. The highest BCUT2D eigenvalue weighted by molar-refractivity contribution is 5.80. The van der Waals surface area contributed by atoms with Crippen LogP contribution < -0.4 is 10.6 Å². The average molecular weight is 332 g/mol. The Bertz CT molecular complexity index is 557. The minimum Gasteiger partial charge on any atom is -0.383 e. The lowest BCUT2D eigenvalue weighted by atomic mass is 10.1. The standard InChI is InChI=1S/C18H28N4O2/c1-14(13-24-3)21-18(19-2)20-11-15-6-8-16(9-7-15)12-22-10-4-5-17(22)23/h6-9,14H,4-5,10-13H2,1-3H3,(H2,19,20,21). The molecule has 6 nitrogen and oxygen atoms in total. The fraction of sp³-hybridized carbons (Fsp3) is 0.556. The van der Waals surface area contributed by atoms with E-state index in [2.05, 4.69) is 39.9 Å². The van der Waals surface area contributed by atoms with Crippen molar-refractivity contribution in [1.29, 1.82) is 0 Å². The number of carbonyl (C=O) groups excluding carboxylic acids is 1. The average Bonchev–Trinajstić information content (AvgIpc) is 2.98. The van der Waals surface area contributed by atoms with Crippen LogP contribution in [-0.2, 0) is 22.6 Å². The van der Waals surface area contributed by atoms with Crippen LogP contribution in [0.15, 0.2) is 29.3 Å². The van der Waals surface area contributed by atoms with Crippen molar-refractivity contribution >= 4 is 11.9 Å². The Kier molecular flexibility index (Phi) is 7.06. The zero-order valence-electron chi connectivity index (χ0n) is 14.8. The number of hydrogen-bond donors (Lipinski definition) is 2. The summed E-state index contributed by atoms with van der Waals surface area (Å²) in [5, 5.41) is 6.57. The van der Waals surface area contributed by atoms with Gasteiger partial charge in [0.25, 0.3) is 0 Å². The van der Waals surface area contributed by atoms with E-state index in [1.54, 1.807) is 14.2 Å². The molecule has 1 saturated heterocycles. The zero-order chi connectivity index (χ0) is 17.4. The highest BCUT2D eigenvalue weighted by Crippen LogP contribution is 2.14. The smallest absolute Gasteiger partial charge is 0.222 e. The minimum absolute atomic E-state index is 0.196. The number of rotatable bonds is 7. The minimum atomic E-state index is 0.196. The molecular formula is C18H28N4O2. The quantitative estimate of drug-likeness (QED) is 0.587. The van der Waals surface area contributed by atoms with Crippen LogP contribution in [0.25, 0.3) is 0 Å². The second-order valence-electron chi connectivity index (χ2n) is 6.16. The molecule has 2 N–H and O–H groups in total. The molecule has 1 fully saturated rings. The molecule has 1 unspecified atom stereocenters. The molecule has 1 atom stereocenters. The van der Waals surface area contributed by atoms with E-state index in [0.29, 0.717) is 26.1 Å². The van der Waals surface area contributed by atoms with Crippen LogP contribution in [0.1, 0.15) is 30.9 Å². The first-order valence-electron chi connectivity index (χ1n) is 8.44. The van der Waals surface area contributed by atoms with Crippen LogP contribution in [0.5, 0.6) is 0 Å². The van der Waals surface area contributed by atoms with Crippen LogP contribution in [0.3, 0.4) is 0 Å². The summed E-state index contributed by atoms with van der Waals surface area (Å²) >= 11 is 0. The third kappa shape index (κ3) is 5.53. The Morgan fingerprint density at radius 1 is 1.33 bits per heavy atom. The Morgan fingerprint density at radius 3 is 2.62 bits per heavy atom. The van der Waals surface area contributed by atoms with E-state index in [-0.39, 0.29) is 11.9 Å². The van der Waals surface area contributed by atoms with E-state index in [1.807, 2.05) is 11.8 Å². The van der Waals surface area contributed by atoms with E-state index in [4.69, 9.17) is 4.74 Å². The highest BCUT2D eigenvalue weighted by Gasteiger charge is 2.19. The molecule has 0 bridgehead atoms. The lowest BCUT2D eigenvalue weighted by Gasteiger charge is -2.18. The summed E-state index contributed by atoms with van der Waals surface area (Å²) in [6.45, 7) is 4.96. The number of nitrogens with one attached hydrogen (secondary N) is 2. The number of hydrogen-bond acceptors (Lipinski definition) is 3. The third-order valence-electron chi connectivity index (χ3n) is 4.05. The molecule has 1 heterocycles. The second-order valence-corrected chi connectivity index (χ2v) is 6.16. The molecule has 1 amide bonds. The molecule has 0 aliphatic carbocycles. The SMILES string of the molecule is CN=C(NCc1ccc(CN2CCCC2=O)cc1)NC(C)COC. The number of ether oxygens (including phenoxy) is 1. The van der Waals surface area contributed by atoms with E-state index < -0.39 is 0 Å². The molecule has 0 spiro atoms. The van der Waals surface area contributed by atoms with Crippen LogP contribution in [0, 0.1) is 0 Å². The second kappa shape index (κ2) is 9.27. The van der Waals surface area contributed by atoms with Gasteiger partial charge in [-0.2, -0.15) is 0 Å². The molecule has 0 aromatic heterocycles. The first kappa shape index (κ1) is 18.3. The first-order valence-corrected chi connectivity index (χ1v) is 8.44. The predicted octanol–water partition coefficient (Wildman–Crippen LogP) is 1.51. The maximum Gasteiger partial charge on any atom is 0.222 e. The number of aliphatic imine (C=N–C) groups is 1. The van der Waals surface area contributed by atoms with Crippen LogP contribution in [-0.4, -0.2) is 50.1 Å².